The molecule has 2 N–H and O–H groups in total. The maximum Gasteiger partial charge on any atom is 0.453 e. The Labute approximate surface area is 337 Å². The van der Waals surface area contributed by atoms with Gasteiger partial charge in [-0.1, -0.05) is 74.5 Å². The Balaban J connectivity index is 1.60. The standard InChI is InChI=1S/C41H49N2O8PS3/c1-29(2)39(52(47,50-32-17-21-34(54-4)22-18-32)51-33-19-23-35(55-5)24-20-33)43-38(44)37(25-16-30-12-8-6-9-13-30)49-40(45)36(26-27-53-3)42-41(46)48-28-31-14-10-7-11-15-31/h6-15,17-24,29,36-37,39H,16,25-28H2,1-5H3,(H,42,46)(H,43,44)/t36-,37-,39-/m0/s1. The number of hydrogen-bond acceptors (Lipinski definition) is 11. The Bertz CT molecular complexity index is 1780. The molecule has 14 heteroatoms. The lowest BCUT2D eigenvalue weighted by molar-refractivity contribution is -0.158. The lowest BCUT2D eigenvalue weighted by Gasteiger charge is -2.31. The molecule has 4 aromatic rings. The first-order valence-electron chi connectivity index (χ1n) is 17.8. The van der Waals surface area contributed by atoms with Gasteiger partial charge in [0.2, 0.25) is 0 Å². The molecule has 0 saturated carbocycles. The molecule has 0 fully saturated rings. The smallest absolute Gasteiger partial charge is 0.451 e. The maximum atomic E-state index is 15.0. The lowest BCUT2D eigenvalue weighted by atomic mass is 10.1. The first-order valence-corrected chi connectivity index (χ1v) is 23.3. The van der Waals surface area contributed by atoms with Crippen LogP contribution in [-0.4, -0.2) is 60.4 Å². The van der Waals surface area contributed by atoms with Gasteiger partial charge in [-0.15, -0.1) is 23.5 Å². The predicted octanol–water partition coefficient (Wildman–Crippen LogP) is 9.47. The topological polar surface area (TPSA) is 129 Å². The second kappa shape index (κ2) is 22.5. The van der Waals surface area contributed by atoms with Crippen molar-refractivity contribution in [1.82, 2.24) is 10.6 Å². The average molecular weight is 825 g/mol. The zero-order valence-electron chi connectivity index (χ0n) is 31.7. The largest absolute Gasteiger partial charge is 0.453 e. The van der Waals surface area contributed by atoms with Crippen LogP contribution < -0.4 is 19.7 Å². The average Bonchev–Trinajstić information content (AvgIpc) is 3.20. The van der Waals surface area contributed by atoms with Crippen molar-refractivity contribution in [2.45, 2.75) is 67.4 Å². The van der Waals surface area contributed by atoms with E-state index in [2.05, 4.69) is 10.6 Å². The molecule has 0 aliphatic carbocycles. The van der Waals surface area contributed by atoms with Crippen molar-refractivity contribution in [2.24, 2.45) is 5.92 Å². The van der Waals surface area contributed by atoms with Crippen LogP contribution in [0.4, 0.5) is 4.79 Å². The van der Waals surface area contributed by atoms with Gasteiger partial charge in [-0.05, 0) is 109 Å². The Morgan fingerprint density at radius 2 is 1.22 bits per heavy atom. The molecule has 0 spiro atoms. The molecule has 0 bridgehead atoms. The van der Waals surface area contributed by atoms with Gasteiger partial charge in [0.15, 0.2) is 11.9 Å². The summed E-state index contributed by atoms with van der Waals surface area (Å²) in [6.07, 6.45) is 4.43. The number of amides is 2. The van der Waals surface area contributed by atoms with E-state index < -0.39 is 49.4 Å². The van der Waals surface area contributed by atoms with Crippen molar-refractivity contribution < 1.29 is 37.5 Å². The minimum absolute atomic E-state index is 0.0171. The van der Waals surface area contributed by atoms with E-state index >= 15 is 4.57 Å². The predicted molar refractivity (Wildman–Crippen MR) is 223 cm³/mol. The number of esters is 1. The third kappa shape index (κ3) is 14.2. The number of benzene rings is 4. The number of alkyl carbamates (subject to hydrolysis) is 1. The van der Waals surface area contributed by atoms with Crippen LogP contribution >= 0.6 is 42.9 Å². The fourth-order valence-electron chi connectivity index (χ4n) is 5.35. The second-order valence-electron chi connectivity index (χ2n) is 12.8. The summed E-state index contributed by atoms with van der Waals surface area (Å²) in [7, 11) is -4.23. The van der Waals surface area contributed by atoms with Crippen LogP contribution in [0, 0.1) is 5.92 Å². The first kappa shape index (κ1) is 43.7. The molecule has 0 unspecified atom stereocenters. The zero-order valence-corrected chi connectivity index (χ0v) is 35.0. The van der Waals surface area contributed by atoms with Crippen LogP contribution in [0.15, 0.2) is 119 Å². The van der Waals surface area contributed by atoms with E-state index in [0.29, 0.717) is 23.7 Å². The molecule has 4 aromatic carbocycles. The van der Waals surface area contributed by atoms with Gasteiger partial charge in [-0.25, -0.2) is 14.2 Å². The molecule has 0 aliphatic rings. The lowest BCUT2D eigenvalue weighted by Crippen LogP contribution is -2.49. The van der Waals surface area contributed by atoms with Gasteiger partial charge in [0, 0.05) is 9.79 Å². The molecule has 0 radical (unpaired) electrons. The Morgan fingerprint density at radius 1 is 0.691 bits per heavy atom. The molecule has 294 valence electrons. The highest BCUT2D eigenvalue weighted by atomic mass is 32.2. The summed E-state index contributed by atoms with van der Waals surface area (Å²) in [5.74, 6) is -1.95. The van der Waals surface area contributed by atoms with Crippen molar-refractivity contribution in [3.63, 3.8) is 0 Å². The number of nitrogens with one attached hydrogen (secondary N) is 2. The summed E-state index contributed by atoms with van der Waals surface area (Å²) in [4.78, 5) is 42.9. The quantitative estimate of drug-likeness (QED) is 0.0474. The number of aryl methyl sites for hydroxylation is 1. The monoisotopic (exact) mass is 824 g/mol. The molecular weight excluding hydrogens is 776 g/mol. The normalized spacial score (nSPS) is 12.9. The van der Waals surface area contributed by atoms with Gasteiger partial charge < -0.3 is 29.2 Å². The van der Waals surface area contributed by atoms with Crippen molar-refractivity contribution in [3.05, 3.63) is 120 Å². The summed E-state index contributed by atoms with van der Waals surface area (Å²) in [6, 6.07) is 31.8. The van der Waals surface area contributed by atoms with Gasteiger partial charge in [-0.2, -0.15) is 11.8 Å². The number of thioether (sulfide) groups is 3. The van der Waals surface area contributed by atoms with Crippen LogP contribution in [0.5, 0.6) is 11.5 Å². The molecule has 4 rings (SSSR count). The van der Waals surface area contributed by atoms with E-state index in [-0.39, 0.29) is 19.4 Å². The van der Waals surface area contributed by atoms with Gasteiger partial charge in [0.25, 0.3) is 5.91 Å². The van der Waals surface area contributed by atoms with Gasteiger partial charge in [0.1, 0.15) is 24.1 Å². The molecule has 2 amide bonds. The molecule has 3 atom stereocenters. The summed E-state index contributed by atoms with van der Waals surface area (Å²) < 4.78 is 38.7. The van der Waals surface area contributed by atoms with Crippen molar-refractivity contribution in [3.8, 4) is 11.5 Å². The third-order valence-electron chi connectivity index (χ3n) is 8.34. The minimum Gasteiger partial charge on any atom is -0.451 e. The summed E-state index contributed by atoms with van der Waals surface area (Å²) in [5, 5.41) is 5.52. The second-order valence-corrected chi connectivity index (χ2v) is 17.5. The molecule has 0 aromatic heterocycles. The van der Waals surface area contributed by atoms with Crippen molar-refractivity contribution in [1.29, 1.82) is 0 Å². The summed E-state index contributed by atoms with van der Waals surface area (Å²) in [6.45, 7) is 3.61. The number of rotatable bonds is 21. The fourth-order valence-corrected chi connectivity index (χ4v) is 8.75. The molecule has 0 heterocycles. The van der Waals surface area contributed by atoms with E-state index in [0.717, 1.165) is 20.9 Å². The van der Waals surface area contributed by atoms with Crippen molar-refractivity contribution in [2.75, 3.05) is 24.5 Å². The Morgan fingerprint density at radius 3 is 1.71 bits per heavy atom. The third-order valence-corrected chi connectivity index (χ3v) is 12.8. The molecule has 10 nitrogen and oxygen atoms in total. The highest BCUT2D eigenvalue weighted by Gasteiger charge is 2.44. The van der Waals surface area contributed by atoms with Gasteiger partial charge in [0.05, 0.1) is 0 Å². The van der Waals surface area contributed by atoms with Crippen LogP contribution in [0.3, 0.4) is 0 Å². The fraction of sp³-hybridized carbons (Fsp3) is 0.341. The zero-order chi connectivity index (χ0) is 39.6. The molecule has 0 aliphatic heterocycles. The number of ether oxygens (including phenoxy) is 2. The van der Waals surface area contributed by atoms with E-state index in [4.69, 9.17) is 18.5 Å². The molecule has 0 saturated heterocycles. The number of carbonyl (C=O) groups is 3. The Hall–Kier alpha value is -4.03. The molecular formula is C41H49N2O8PS3. The van der Waals surface area contributed by atoms with E-state index in [1.54, 1.807) is 61.6 Å². The van der Waals surface area contributed by atoms with Gasteiger partial charge in [-0.3, -0.25) is 4.79 Å². The minimum atomic E-state index is -4.23. The number of carbonyl (C=O) groups excluding carboxylic acids is 3. The maximum absolute atomic E-state index is 15.0. The van der Waals surface area contributed by atoms with Gasteiger partial charge >= 0.3 is 19.7 Å². The first-order chi connectivity index (χ1) is 26.5. The van der Waals surface area contributed by atoms with Crippen LogP contribution in [0.1, 0.15) is 37.8 Å². The van der Waals surface area contributed by atoms with Crippen LogP contribution in [0.25, 0.3) is 0 Å². The van der Waals surface area contributed by atoms with E-state index in [1.165, 1.54) is 11.8 Å². The highest BCUT2D eigenvalue weighted by molar-refractivity contribution is 7.99. The van der Waals surface area contributed by atoms with E-state index in [1.807, 2.05) is 104 Å². The van der Waals surface area contributed by atoms with Crippen LogP contribution in [0.2, 0.25) is 0 Å². The number of hydrogen-bond donors (Lipinski definition) is 2. The highest BCUT2D eigenvalue weighted by Crippen LogP contribution is 2.54. The Kier molecular flexibility index (Phi) is 17.9. The van der Waals surface area contributed by atoms with Crippen molar-refractivity contribution >= 4 is 60.9 Å². The summed E-state index contributed by atoms with van der Waals surface area (Å²) in [5.41, 5.74) is 1.72. The molecule has 55 heavy (non-hydrogen) atoms. The SMILES string of the molecule is CSCC[C@H](NC(=O)OCc1ccccc1)C(=O)O[C@@H](CCc1ccccc1)C(=O)N[C@H](C(C)C)P(=O)(Oc1ccc(SC)cc1)Oc1ccc(SC)cc1. The summed E-state index contributed by atoms with van der Waals surface area (Å²) >= 11 is 4.61. The van der Waals surface area contributed by atoms with E-state index in [9.17, 15) is 14.4 Å². The van der Waals surface area contributed by atoms with Crippen LogP contribution in [-0.2, 0) is 36.7 Å².